The van der Waals surface area contributed by atoms with Crippen LogP contribution in [0.25, 0.3) is 23.5 Å². The minimum Gasteiger partial charge on any atom is -0.493 e. The van der Waals surface area contributed by atoms with Crippen LogP contribution in [0.1, 0.15) is 28.7 Å². The summed E-state index contributed by atoms with van der Waals surface area (Å²) in [4.78, 5) is 0. The molecule has 0 bridgehead atoms. The molecule has 0 aromatic heterocycles. The van der Waals surface area contributed by atoms with Gasteiger partial charge in [0.2, 0.25) is 0 Å². The van der Waals surface area contributed by atoms with Crippen LogP contribution in [0.15, 0.2) is 78.9 Å². The molecule has 1 aliphatic heterocycles. The third-order valence-corrected chi connectivity index (χ3v) is 4.31. The standard InChI is InChI=1S/C24H19O/c1-3-9-19(10-4-1)17-21-15-16-25-24(18-20-11-5-2-6-12-20)23-14-8-7-13-22(21)23/h1-12,14,17-18H,15-16H2. The van der Waals surface area contributed by atoms with Gasteiger partial charge in [0.15, 0.2) is 0 Å². The van der Waals surface area contributed by atoms with E-state index < -0.39 is 0 Å². The van der Waals surface area contributed by atoms with Crippen LogP contribution in [0.2, 0.25) is 0 Å². The molecule has 0 atom stereocenters. The van der Waals surface area contributed by atoms with Crippen molar-refractivity contribution in [1.29, 1.82) is 0 Å². The molecule has 3 aromatic rings. The number of hydrogen-bond acceptors (Lipinski definition) is 1. The highest BCUT2D eigenvalue weighted by atomic mass is 16.5. The van der Waals surface area contributed by atoms with Gasteiger partial charge in [-0.3, -0.25) is 0 Å². The predicted molar refractivity (Wildman–Crippen MR) is 104 cm³/mol. The average Bonchev–Trinajstić information content (AvgIpc) is 2.84. The maximum atomic E-state index is 6.10. The lowest BCUT2D eigenvalue weighted by Gasteiger charge is -2.10. The van der Waals surface area contributed by atoms with Gasteiger partial charge in [-0.25, -0.2) is 0 Å². The molecule has 1 heteroatoms. The molecule has 0 spiro atoms. The SMILES string of the molecule is [c]1cccc2c1C(=Cc1ccccc1)CCOC2=Cc1ccccc1. The summed E-state index contributed by atoms with van der Waals surface area (Å²) in [5, 5.41) is 0. The normalized spacial score (nSPS) is 17.0. The highest BCUT2D eigenvalue weighted by molar-refractivity contribution is 5.90. The Morgan fingerprint density at radius 3 is 2.16 bits per heavy atom. The Hall–Kier alpha value is -3.06. The van der Waals surface area contributed by atoms with Crippen molar-refractivity contribution in [3.8, 4) is 0 Å². The first kappa shape index (κ1) is 15.5. The molecule has 1 aliphatic rings. The van der Waals surface area contributed by atoms with Gasteiger partial charge >= 0.3 is 0 Å². The van der Waals surface area contributed by atoms with E-state index in [1.807, 2.05) is 36.4 Å². The zero-order valence-electron chi connectivity index (χ0n) is 14.0. The first-order chi connectivity index (χ1) is 12.4. The van der Waals surface area contributed by atoms with Gasteiger partial charge in [0.25, 0.3) is 0 Å². The van der Waals surface area contributed by atoms with E-state index in [1.54, 1.807) is 0 Å². The molecular formula is C24H19O. The van der Waals surface area contributed by atoms with Crippen LogP contribution in [0, 0.1) is 6.07 Å². The largest absolute Gasteiger partial charge is 0.493 e. The maximum absolute atomic E-state index is 6.10. The van der Waals surface area contributed by atoms with Crippen molar-refractivity contribution in [3.63, 3.8) is 0 Å². The smallest absolute Gasteiger partial charge is 0.127 e. The molecule has 0 amide bonds. The van der Waals surface area contributed by atoms with Crippen molar-refractivity contribution in [2.24, 2.45) is 0 Å². The van der Waals surface area contributed by atoms with Gasteiger partial charge in [0, 0.05) is 12.0 Å². The topological polar surface area (TPSA) is 9.23 Å². The summed E-state index contributed by atoms with van der Waals surface area (Å²) in [7, 11) is 0. The van der Waals surface area contributed by atoms with Gasteiger partial charge in [-0.2, -0.15) is 0 Å². The molecule has 1 radical (unpaired) electrons. The number of rotatable bonds is 2. The van der Waals surface area contributed by atoms with E-state index in [0.717, 1.165) is 28.9 Å². The fraction of sp³-hybridized carbons (Fsp3) is 0.0833. The summed E-state index contributed by atoms with van der Waals surface area (Å²) in [6.07, 6.45) is 5.22. The van der Waals surface area contributed by atoms with Crippen molar-refractivity contribution in [1.82, 2.24) is 0 Å². The Bertz CT molecular complexity index is 829. The zero-order valence-corrected chi connectivity index (χ0v) is 14.0. The monoisotopic (exact) mass is 323 g/mol. The molecule has 25 heavy (non-hydrogen) atoms. The van der Waals surface area contributed by atoms with Gasteiger partial charge < -0.3 is 4.74 Å². The molecule has 3 aromatic carbocycles. The van der Waals surface area contributed by atoms with Gasteiger partial charge in [-0.05, 0) is 34.4 Å². The summed E-state index contributed by atoms with van der Waals surface area (Å²) in [6, 6.07) is 30.3. The van der Waals surface area contributed by atoms with E-state index in [1.165, 1.54) is 11.1 Å². The molecular weight excluding hydrogens is 304 g/mol. The summed E-state index contributed by atoms with van der Waals surface area (Å²) in [5.74, 6) is 0.912. The van der Waals surface area contributed by atoms with Crippen LogP contribution >= 0.6 is 0 Å². The van der Waals surface area contributed by atoms with Crippen LogP contribution in [0.5, 0.6) is 0 Å². The van der Waals surface area contributed by atoms with E-state index >= 15 is 0 Å². The first-order valence-electron chi connectivity index (χ1n) is 8.57. The molecule has 0 saturated heterocycles. The molecule has 0 fully saturated rings. The number of benzene rings is 3. The average molecular weight is 323 g/mol. The second kappa shape index (κ2) is 7.23. The Morgan fingerprint density at radius 2 is 1.44 bits per heavy atom. The van der Waals surface area contributed by atoms with E-state index in [2.05, 4.69) is 60.7 Å². The second-order valence-corrected chi connectivity index (χ2v) is 6.06. The van der Waals surface area contributed by atoms with Crippen LogP contribution in [0.4, 0.5) is 0 Å². The van der Waals surface area contributed by atoms with E-state index in [4.69, 9.17) is 4.74 Å². The van der Waals surface area contributed by atoms with E-state index in [-0.39, 0.29) is 0 Å². The first-order valence-corrected chi connectivity index (χ1v) is 8.57. The van der Waals surface area contributed by atoms with Gasteiger partial charge in [0.1, 0.15) is 5.76 Å². The maximum Gasteiger partial charge on any atom is 0.127 e. The summed E-state index contributed by atoms with van der Waals surface area (Å²) in [6.45, 7) is 0.667. The number of fused-ring (bicyclic) bond motifs is 1. The van der Waals surface area contributed by atoms with Crippen LogP contribution < -0.4 is 0 Å². The quantitative estimate of drug-likeness (QED) is 0.566. The molecule has 121 valence electrons. The summed E-state index contributed by atoms with van der Waals surface area (Å²) in [5.41, 5.74) is 5.84. The molecule has 0 N–H and O–H groups in total. The van der Waals surface area contributed by atoms with Crippen LogP contribution in [-0.4, -0.2) is 6.61 Å². The minimum absolute atomic E-state index is 0.667. The minimum atomic E-state index is 0.667. The lowest BCUT2D eigenvalue weighted by Crippen LogP contribution is -1.91. The molecule has 1 nitrogen and oxygen atoms in total. The predicted octanol–water partition coefficient (Wildman–Crippen LogP) is 5.95. The van der Waals surface area contributed by atoms with Gasteiger partial charge in [-0.15, -0.1) is 0 Å². The van der Waals surface area contributed by atoms with Crippen LogP contribution in [-0.2, 0) is 4.74 Å². The molecule has 0 unspecified atom stereocenters. The molecule has 4 rings (SSSR count). The number of hydrogen-bond donors (Lipinski definition) is 0. The van der Waals surface area contributed by atoms with Gasteiger partial charge in [0.05, 0.1) is 6.61 Å². The number of ether oxygens (including phenoxy) is 1. The lowest BCUT2D eigenvalue weighted by atomic mass is 9.95. The molecule has 1 heterocycles. The van der Waals surface area contributed by atoms with Crippen molar-refractivity contribution in [2.45, 2.75) is 6.42 Å². The van der Waals surface area contributed by atoms with Crippen molar-refractivity contribution < 1.29 is 4.74 Å². The Morgan fingerprint density at radius 1 is 0.760 bits per heavy atom. The highest BCUT2D eigenvalue weighted by Gasteiger charge is 2.17. The molecule has 0 aliphatic carbocycles. The van der Waals surface area contributed by atoms with Crippen molar-refractivity contribution >= 4 is 23.5 Å². The Balaban J connectivity index is 1.79. The molecule has 0 saturated carbocycles. The highest BCUT2D eigenvalue weighted by Crippen LogP contribution is 2.34. The fourth-order valence-corrected chi connectivity index (χ4v) is 3.10. The Labute approximate surface area is 148 Å². The summed E-state index contributed by atoms with van der Waals surface area (Å²) >= 11 is 0. The fourth-order valence-electron chi connectivity index (χ4n) is 3.10. The van der Waals surface area contributed by atoms with Gasteiger partial charge in [-0.1, -0.05) is 84.9 Å². The third kappa shape index (κ3) is 3.56. The lowest BCUT2D eigenvalue weighted by molar-refractivity contribution is 0.291. The van der Waals surface area contributed by atoms with Crippen LogP contribution in [0.3, 0.4) is 0 Å². The van der Waals surface area contributed by atoms with E-state index in [0.29, 0.717) is 6.61 Å². The van der Waals surface area contributed by atoms with Crippen molar-refractivity contribution in [2.75, 3.05) is 6.61 Å². The summed E-state index contributed by atoms with van der Waals surface area (Å²) < 4.78 is 6.10. The third-order valence-electron chi connectivity index (χ3n) is 4.31. The zero-order chi connectivity index (χ0) is 16.9. The second-order valence-electron chi connectivity index (χ2n) is 6.06. The Kier molecular flexibility index (Phi) is 4.47. The van der Waals surface area contributed by atoms with E-state index in [9.17, 15) is 0 Å². The van der Waals surface area contributed by atoms with Crippen molar-refractivity contribution in [3.05, 3.63) is 107 Å².